The molecule has 1 aliphatic carbocycles. The highest BCUT2D eigenvalue weighted by atomic mass is 16.5. The van der Waals surface area contributed by atoms with Crippen molar-refractivity contribution in [2.45, 2.75) is 27.2 Å². The van der Waals surface area contributed by atoms with Crippen molar-refractivity contribution < 1.29 is 24.2 Å². The largest absolute Gasteiger partial charge is 0.497 e. The van der Waals surface area contributed by atoms with Gasteiger partial charge < -0.3 is 9.47 Å². The molecule has 0 bridgehead atoms. The minimum Gasteiger partial charge on any atom is -0.497 e. The summed E-state index contributed by atoms with van der Waals surface area (Å²) < 4.78 is 11.8. The van der Waals surface area contributed by atoms with E-state index in [0.29, 0.717) is 22.6 Å². The predicted molar refractivity (Wildman–Crippen MR) is 112 cm³/mol. The second-order valence-corrected chi connectivity index (χ2v) is 6.77. The van der Waals surface area contributed by atoms with Crippen LogP contribution >= 0.6 is 0 Å². The Morgan fingerprint density at radius 2 is 1.83 bits per heavy atom. The molecule has 29 heavy (non-hydrogen) atoms. The summed E-state index contributed by atoms with van der Waals surface area (Å²) >= 11 is 0. The van der Waals surface area contributed by atoms with Crippen molar-refractivity contribution in [2.24, 2.45) is 0 Å². The number of methoxy groups -OCH3 is 1. The maximum absolute atomic E-state index is 13.0. The van der Waals surface area contributed by atoms with Gasteiger partial charge in [-0.05, 0) is 55.2 Å². The molecular formula is C24H26NO4+. The fraction of sp³-hybridized carbons (Fsp3) is 0.250. The van der Waals surface area contributed by atoms with Gasteiger partial charge in [-0.15, -0.1) is 0 Å². The average molecular weight is 392 g/mol. The molecule has 0 aromatic heterocycles. The molecule has 0 saturated carbocycles. The van der Waals surface area contributed by atoms with E-state index in [0.717, 1.165) is 33.4 Å². The minimum absolute atomic E-state index is 0.243. The summed E-state index contributed by atoms with van der Waals surface area (Å²) in [4.78, 5) is 13.0. The number of carbonyl (C=O) groups is 1. The fourth-order valence-electron chi connectivity index (χ4n) is 3.36. The number of benzene rings is 2. The third kappa shape index (κ3) is 3.94. The second-order valence-electron chi connectivity index (χ2n) is 6.77. The van der Waals surface area contributed by atoms with E-state index in [1.54, 1.807) is 20.2 Å². The normalized spacial score (nSPS) is 15.2. The van der Waals surface area contributed by atoms with Gasteiger partial charge in [0.2, 0.25) is 6.20 Å². The number of nitrogens with zero attached hydrogens (tertiary/aromatic N) is 1. The Kier molecular flexibility index (Phi) is 6.17. The van der Waals surface area contributed by atoms with Crippen molar-refractivity contribution in [3.63, 3.8) is 0 Å². The smallest absolute Gasteiger partial charge is 0.345 e. The molecule has 1 aliphatic rings. The quantitative estimate of drug-likeness (QED) is 0.338. The summed E-state index contributed by atoms with van der Waals surface area (Å²) in [7, 11) is 1.59. The molecule has 0 radical (unpaired) electrons. The van der Waals surface area contributed by atoms with Crippen LogP contribution in [0.4, 0.5) is 0 Å². The van der Waals surface area contributed by atoms with Crippen molar-refractivity contribution in [3.05, 3.63) is 82.6 Å². The molecule has 0 unspecified atom stereocenters. The molecule has 0 aliphatic heterocycles. The van der Waals surface area contributed by atoms with Crippen LogP contribution in [0.3, 0.4) is 0 Å². The molecule has 0 fully saturated rings. The minimum atomic E-state index is -0.474. The standard InChI is InChI=1S/C24H26NO4/c1-5-16(3)15-25(27)23-20-14-18(28-4)12-13-19(20)21(17-10-8-7-9-11-17)22(23)24(26)29-6-2/h7-15,27H,5-6H2,1-4H3/q+1/b16-15?,25-23+. The van der Waals surface area contributed by atoms with E-state index in [2.05, 4.69) is 0 Å². The van der Waals surface area contributed by atoms with Gasteiger partial charge in [0.15, 0.2) is 0 Å². The molecule has 0 saturated heterocycles. The van der Waals surface area contributed by atoms with Crippen LogP contribution in [0.5, 0.6) is 5.75 Å². The first-order valence-corrected chi connectivity index (χ1v) is 9.70. The van der Waals surface area contributed by atoms with Crippen molar-refractivity contribution >= 4 is 17.3 Å². The highest BCUT2D eigenvalue weighted by Crippen LogP contribution is 2.40. The number of esters is 1. The van der Waals surface area contributed by atoms with Gasteiger partial charge in [-0.2, -0.15) is 0 Å². The molecular weight excluding hydrogens is 366 g/mol. The van der Waals surface area contributed by atoms with E-state index < -0.39 is 5.97 Å². The first-order valence-electron chi connectivity index (χ1n) is 9.70. The molecule has 5 nitrogen and oxygen atoms in total. The van der Waals surface area contributed by atoms with Crippen LogP contribution in [-0.4, -0.2) is 35.3 Å². The van der Waals surface area contributed by atoms with Crippen LogP contribution in [0.1, 0.15) is 43.9 Å². The van der Waals surface area contributed by atoms with Gasteiger partial charge in [0.25, 0.3) is 5.71 Å². The Hall–Kier alpha value is -3.34. The van der Waals surface area contributed by atoms with Crippen molar-refractivity contribution in [3.8, 4) is 5.75 Å². The van der Waals surface area contributed by atoms with E-state index >= 15 is 0 Å². The molecule has 5 heteroatoms. The Balaban J connectivity index is 2.39. The predicted octanol–water partition coefficient (Wildman–Crippen LogP) is 4.58. The summed E-state index contributed by atoms with van der Waals surface area (Å²) in [6.07, 6.45) is 2.41. The molecule has 1 N–H and O–H groups in total. The lowest BCUT2D eigenvalue weighted by Crippen LogP contribution is -2.22. The van der Waals surface area contributed by atoms with Gasteiger partial charge in [0.05, 0.1) is 19.3 Å². The number of carbonyl (C=O) groups excluding carboxylic acids is 1. The number of rotatable bonds is 6. The SMILES string of the molecule is CCOC(=O)C1=C(c2ccccc2)c2ccc(OC)cc2/C1=[N+](\O)C=C(C)CC. The molecule has 150 valence electrons. The van der Waals surface area contributed by atoms with E-state index in [1.165, 1.54) is 0 Å². The van der Waals surface area contributed by atoms with Gasteiger partial charge in [0.1, 0.15) is 11.3 Å². The Morgan fingerprint density at radius 1 is 1.10 bits per heavy atom. The van der Waals surface area contributed by atoms with Gasteiger partial charge >= 0.3 is 5.97 Å². The molecule has 3 rings (SSSR count). The molecule has 2 aromatic rings. The van der Waals surface area contributed by atoms with Gasteiger partial charge in [-0.3, -0.25) is 5.21 Å². The van der Waals surface area contributed by atoms with Crippen molar-refractivity contribution in [1.82, 2.24) is 0 Å². The number of ether oxygens (including phenoxy) is 2. The number of allylic oxidation sites excluding steroid dienone is 1. The van der Waals surface area contributed by atoms with Crippen molar-refractivity contribution in [2.75, 3.05) is 13.7 Å². The maximum atomic E-state index is 13.0. The van der Waals surface area contributed by atoms with Crippen LogP contribution < -0.4 is 4.74 Å². The third-order valence-electron chi connectivity index (χ3n) is 4.91. The van der Waals surface area contributed by atoms with Crippen molar-refractivity contribution in [1.29, 1.82) is 0 Å². The monoisotopic (exact) mass is 392 g/mol. The van der Waals surface area contributed by atoms with Crippen LogP contribution in [0, 0.1) is 0 Å². The zero-order valence-corrected chi connectivity index (χ0v) is 17.2. The van der Waals surface area contributed by atoms with Gasteiger partial charge in [-0.1, -0.05) is 37.3 Å². The molecule has 0 spiro atoms. The lowest BCUT2D eigenvalue weighted by Gasteiger charge is -2.07. The molecule has 2 aromatic carbocycles. The summed E-state index contributed by atoms with van der Waals surface area (Å²) in [6, 6.07) is 15.2. The summed E-state index contributed by atoms with van der Waals surface area (Å²) in [6.45, 7) is 5.94. The highest BCUT2D eigenvalue weighted by molar-refractivity contribution is 6.35. The van der Waals surface area contributed by atoms with Gasteiger partial charge in [-0.25, -0.2) is 4.79 Å². The Bertz CT molecular complexity index is 1020. The van der Waals surface area contributed by atoms with Crippen LogP contribution in [0.25, 0.3) is 5.57 Å². The second kappa shape index (κ2) is 8.78. The first kappa shape index (κ1) is 20.4. The zero-order chi connectivity index (χ0) is 21.0. The van der Waals surface area contributed by atoms with Crippen LogP contribution in [0.15, 0.2) is 65.9 Å². The molecule has 0 atom stereocenters. The molecule has 0 amide bonds. The van der Waals surface area contributed by atoms with Crippen LogP contribution in [0.2, 0.25) is 0 Å². The number of hydrogen-bond donors (Lipinski definition) is 1. The third-order valence-corrected chi connectivity index (χ3v) is 4.91. The van der Waals surface area contributed by atoms with E-state index in [1.807, 2.05) is 62.4 Å². The molecule has 0 heterocycles. The number of hydroxylamine groups is 1. The maximum Gasteiger partial charge on any atom is 0.345 e. The van der Waals surface area contributed by atoms with E-state index in [4.69, 9.17) is 9.47 Å². The summed E-state index contributed by atoms with van der Waals surface area (Å²) in [5.41, 5.74) is 4.87. The topological polar surface area (TPSA) is 58.8 Å². The zero-order valence-electron chi connectivity index (χ0n) is 17.2. The number of hydrogen-bond acceptors (Lipinski definition) is 4. The van der Waals surface area contributed by atoms with E-state index in [-0.39, 0.29) is 6.61 Å². The Morgan fingerprint density at radius 3 is 2.45 bits per heavy atom. The van der Waals surface area contributed by atoms with Gasteiger partial charge in [0, 0.05) is 10.3 Å². The first-order chi connectivity index (χ1) is 14.0. The average Bonchev–Trinajstić information content (AvgIpc) is 3.08. The Labute approximate surface area is 171 Å². The fourth-order valence-corrected chi connectivity index (χ4v) is 3.36. The lowest BCUT2D eigenvalue weighted by molar-refractivity contribution is -0.725. The highest BCUT2D eigenvalue weighted by Gasteiger charge is 2.41. The number of fused-ring (bicyclic) bond motifs is 1. The summed E-state index contributed by atoms with van der Waals surface area (Å²) in [5, 5.41) is 11.0. The summed E-state index contributed by atoms with van der Waals surface area (Å²) in [5.74, 6) is 0.168. The van der Waals surface area contributed by atoms with Crippen LogP contribution in [-0.2, 0) is 9.53 Å². The lowest BCUT2D eigenvalue weighted by atomic mass is 9.97. The van der Waals surface area contributed by atoms with E-state index in [9.17, 15) is 10.0 Å².